The summed E-state index contributed by atoms with van der Waals surface area (Å²) < 4.78 is 11.2. The number of anilines is 1. The number of fused-ring (bicyclic) bond motifs is 1. The van der Waals surface area contributed by atoms with Gasteiger partial charge in [-0.2, -0.15) is 0 Å². The minimum Gasteiger partial charge on any atom is -0.486 e. The number of nitrogens with one attached hydrogen (secondary N) is 1. The van der Waals surface area contributed by atoms with E-state index in [0.717, 1.165) is 11.1 Å². The van der Waals surface area contributed by atoms with Crippen molar-refractivity contribution in [2.75, 3.05) is 18.5 Å². The van der Waals surface area contributed by atoms with Gasteiger partial charge < -0.3 is 14.8 Å². The Hall–Kier alpha value is -3.77. The fourth-order valence-electron chi connectivity index (χ4n) is 3.86. The van der Waals surface area contributed by atoms with Crippen molar-refractivity contribution in [1.29, 1.82) is 0 Å². The maximum Gasteiger partial charge on any atom is 0.278 e. The minimum atomic E-state index is -0.389. The van der Waals surface area contributed by atoms with Crippen LogP contribution in [0.4, 0.5) is 5.69 Å². The van der Waals surface area contributed by atoms with E-state index in [2.05, 4.69) is 5.32 Å². The molecule has 0 fully saturated rings. The molecular formula is C26H21ClN2O4. The summed E-state index contributed by atoms with van der Waals surface area (Å²) in [6, 6.07) is 20.0. The lowest BCUT2D eigenvalue weighted by Crippen LogP contribution is -2.32. The fraction of sp³-hybridized carbons (Fsp3) is 0.154. The molecule has 1 N–H and O–H groups in total. The smallest absolute Gasteiger partial charge is 0.278 e. The van der Waals surface area contributed by atoms with Gasteiger partial charge in [0.2, 0.25) is 0 Å². The van der Waals surface area contributed by atoms with E-state index in [4.69, 9.17) is 21.1 Å². The molecule has 2 aliphatic heterocycles. The first-order valence-electron chi connectivity index (χ1n) is 10.6. The monoisotopic (exact) mass is 460 g/mol. The van der Waals surface area contributed by atoms with E-state index in [-0.39, 0.29) is 24.1 Å². The van der Waals surface area contributed by atoms with Gasteiger partial charge in [0.15, 0.2) is 11.5 Å². The maximum absolute atomic E-state index is 13.4. The molecule has 0 bridgehead atoms. The fourth-order valence-corrected chi connectivity index (χ4v) is 3.99. The van der Waals surface area contributed by atoms with Crippen LogP contribution in [0.25, 0.3) is 5.57 Å². The van der Waals surface area contributed by atoms with Crippen molar-refractivity contribution < 1.29 is 19.1 Å². The van der Waals surface area contributed by atoms with Crippen molar-refractivity contribution >= 4 is 34.7 Å². The van der Waals surface area contributed by atoms with Crippen LogP contribution in [0.2, 0.25) is 5.02 Å². The first-order chi connectivity index (χ1) is 16.0. The molecule has 0 atom stereocenters. The van der Waals surface area contributed by atoms with Crippen molar-refractivity contribution in [1.82, 2.24) is 4.90 Å². The topological polar surface area (TPSA) is 67.9 Å². The van der Waals surface area contributed by atoms with E-state index < -0.39 is 0 Å². The lowest BCUT2D eigenvalue weighted by Gasteiger charge is -2.19. The highest BCUT2D eigenvalue weighted by molar-refractivity contribution is 6.36. The molecule has 0 radical (unpaired) electrons. The molecule has 3 aromatic carbocycles. The molecule has 5 rings (SSSR count). The Labute approximate surface area is 196 Å². The number of hydrogen-bond acceptors (Lipinski definition) is 5. The summed E-state index contributed by atoms with van der Waals surface area (Å²) in [4.78, 5) is 28.1. The van der Waals surface area contributed by atoms with Gasteiger partial charge in [-0.15, -0.1) is 0 Å². The highest BCUT2D eigenvalue weighted by atomic mass is 35.5. The zero-order chi connectivity index (χ0) is 22.9. The third-order valence-electron chi connectivity index (χ3n) is 5.57. The predicted octanol–water partition coefficient (Wildman–Crippen LogP) is 4.81. The van der Waals surface area contributed by atoms with Crippen molar-refractivity contribution in [2.45, 2.75) is 13.5 Å². The van der Waals surface area contributed by atoms with Crippen molar-refractivity contribution in [3.63, 3.8) is 0 Å². The van der Waals surface area contributed by atoms with E-state index in [1.165, 1.54) is 4.90 Å². The summed E-state index contributed by atoms with van der Waals surface area (Å²) in [5, 5.41) is 3.71. The molecule has 2 heterocycles. The van der Waals surface area contributed by atoms with Crippen molar-refractivity contribution in [2.24, 2.45) is 0 Å². The molecule has 0 saturated carbocycles. The Morgan fingerprint density at radius 2 is 1.58 bits per heavy atom. The average molecular weight is 461 g/mol. The Kier molecular flexibility index (Phi) is 5.52. The number of halogens is 1. The van der Waals surface area contributed by atoms with Crippen LogP contribution < -0.4 is 14.8 Å². The molecule has 2 aliphatic rings. The summed E-state index contributed by atoms with van der Waals surface area (Å²) in [5.41, 5.74) is 3.74. The Bertz CT molecular complexity index is 1270. The SMILES string of the molecule is Cc1ccc(CN2C(=O)C(Nc3ccc4c(c3)OCCO4)=C(c3ccc(Cl)cc3)C2=O)cc1. The molecule has 0 spiro atoms. The second kappa shape index (κ2) is 8.64. The number of aryl methyl sites for hydroxylation is 1. The summed E-state index contributed by atoms with van der Waals surface area (Å²) >= 11 is 6.05. The average Bonchev–Trinajstić information content (AvgIpc) is 3.05. The zero-order valence-electron chi connectivity index (χ0n) is 17.9. The predicted molar refractivity (Wildman–Crippen MR) is 126 cm³/mol. The molecule has 33 heavy (non-hydrogen) atoms. The lowest BCUT2D eigenvalue weighted by atomic mass is 10.0. The zero-order valence-corrected chi connectivity index (χ0v) is 18.7. The Balaban J connectivity index is 1.51. The van der Waals surface area contributed by atoms with Crippen LogP contribution in [0.1, 0.15) is 16.7 Å². The summed E-state index contributed by atoms with van der Waals surface area (Å²) in [5.74, 6) is 0.491. The molecule has 2 amide bonds. The van der Waals surface area contributed by atoms with Gasteiger partial charge in [-0.3, -0.25) is 14.5 Å². The van der Waals surface area contributed by atoms with Crippen LogP contribution in [-0.2, 0) is 16.1 Å². The number of imide groups is 1. The minimum absolute atomic E-state index is 0.182. The van der Waals surface area contributed by atoms with Crippen molar-refractivity contribution in [3.8, 4) is 11.5 Å². The van der Waals surface area contributed by atoms with E-state index in [0.29, 0.717) is 46.6 Å². The van der Waals surface area contributed by atoms with Gasteiger partial charge in [-0.1, -0.05) is 53.6 Å². The van der Waals surface area contributed by atoms with Crippen molar-refractivity contribution in [3.05, 3.63) is 94.1 Å². The summed E-state index contributed by atoms with van der Waals surface area (Å²) in [7, 11) is 0. The molecule has 0 unspecified atom stereocenters. The number of carbonyl (C=O) groups is 2. The van der Waals surface area contributed by atoms with Gasteiger partial charge in [-0.05, 0) is 42.3 Å². The van der Waals surface area contributed by atoms with Crippen LogP contribution in [0.5, 0.6) is 11.5 Å². The normalized spacial score (nSPS) is 15.3. The Morgan fingerprint density at radius 3 is 2.30 bits per heavy atom. The second-order valence-electron chi connectivity index (χ2n) is 7.92. The van der Waals surface area contributed by atoms with Gasteiger partial charge in [0.1, 0.15) is 18.9 Å². The number of nitrogens with zero attached hydrogens (tertiary/aromatic N) is 1. The van der Waals surface area contributed by atoms with E-state index in [1.54, 1.807) is 42.5 Å². The van der Waals surface area contributed by atoms with Gasteiger partial charge in [0.25, 0.3) is 11.8 Å². The van der Waals surface area contributed by atoms with Crippen LogP contribution in [0.3, 0.4) is 0 Å². The molecule has 0 saturated heterocycles. The highest BCUT2D eigenvalue weighted by Crippen LogP contribution is 2.36. The largest absolute Gasteiger partial charge is 0.486 e. The lowest BCUT2D eigenvalue weighted by molar-refractivity contribution is -0.137. The molecule has 0 aromatic heterocycles. The standard InChI is InChI=1S/C26H21ClN2O4/c1-16-2-4-17(5-3-16)15-29-25(30)23(18-6-8-19(27)9-7-18)24(26(29)31)28-20-10-11-21-22(14-20)33-13-12-32-21/h2-11,14,28H,12-13,15H2,1H3. The Morgan fingerprint density at radius 1 is 0.879 bits per heavy atom. The van der Waals surface area contributed by atoms with Crippen LogP contribution >= 0.6 is 11.6 Å². The first kappa shape index (κ1) is 21.1. The van der Waals surface area contributed by atoms with Gasteiger partial charge >= 0.3 is 0 Å². The van der Waals surface area contributed by atoms with Gasteiger partial charge in [0, 0.05) is 16.8 Å². The third-order valence-corrected chi connectivity index (χ3v) is 5.83. The number of amides is 2. The van der Waals surface area contributed by atoms with E-state index in [1.807, 2.05) is 31.2 Å². The molecule has 6 nitrogen and oxygen atoms in total. The molecule has 0 aliphatic carbocycles. The molecule has 3 aromatic rings. The molecule has 7 heteroatoms. The number of carbonyl (C=O) groups excluding carboxylic acids is 2. The molecular weight excluding hydrogens is 440 g/mol. The number of rotatable bonds is 5. The maximum atomic E-state index is 13.4. The number of benzene rings is 3. The number of ether oxygens (including phenoxy) is 2. The second-order valence-corrected chi connectivity index (χ2v) is 8.36. The third kappa shape index (κ3) is 4.17. The van der Waals surface area contributed by atoms with Gasteiger partial charge in [-0.25, -0.2) is 0 Å². The first-order valence-corrected chi connectivity index (χ1v) is 11.0. The highest BCUT2D eigenvalue weighted by Gasteiger charge is 2.39. The van der Waals surface area contributed by atoms with E-state index in [9.17, 15) is 9.59 Å². The van der Waals surface area contributed by atoms with Gasteiger partial charge in [0.05, 0.1) is 12.1 Å². The van der Waals surface area contributed by atoms with E-state index >= 15 is 0 Å². The summed E-state index contributed by atoms with van der Waals surface area (Å²) in [6.45, 7) is 3.12. The summed E-state index contributed by atoms with van der Waals surface area (Å²) in [6.07, 6.45) is 0. The van der Waals surface area contributed by atoms with Crippen LogP contribution in [0.15, 0.2) is 72.4 Å². The molecule has 166 valence electrons. The van der Waals surface area contributed by atoms with Crippen LogP contribution in [0, 0.1) is 6.92 Å². The number of hydrogen-bond donors (Lipinski definition) is 1. The quantitative estimate of drug-likeness (QED) is 0.553. The van der Waals surface area contributed by atoms with Crippen LogP contribution in [-0.4, -0.2) is 29.9 Å².